The summed E-state index contributed by atoms with van der Waals surface area (Å²) in [4.78, 5) is 26.7. The third-order valence-electron chi connectivity index (χ3n) is 4.65. The van der Waals surface area contributed by atoms with Gasteiger partial charge in [-0.1, -0.05) is 37.3 Å². The summed E-state index contributed by atoms with van der Waals surface area (Å²) in [6.07, 6.45) is 2.25. The van der Waals surface area contributed by atoms with Crippen LogP contribution in [0.3, 0.4) is 0 Å². The minimum absolute atomic E-state index is 0.0979. The van der Waals surface area contributed by atoms with Gasteiger partial charge in [-0.2, -0.15) is 0 Å². The highest BCUT2D eigenvalue weighted by Gasteiger charge is 2.20. The molecule has 3 rings (SSSR count). The largest absolute Gasteiger partial charge is 0.374 e. The molecule has 1 aliphatic rings. The summed E-state index contributed by atoms with van der Waals surface area (Å²) < 4.78 is 0. The van der Waals surface area contributed by atoms with Gasteiger partial charge in [-0.15, -0.1) is 0 Å². The van der Waals surface area contributed by atoms with Crippen LogP contribution in [0.5, 0.6) is 0 Å². The highest BCUT2D eigenvalue weighted by Crippen LogP contribution is 2.22. The molecule has 0 saturated carbocycles. The second kappa shape index (κ2) is 8.52. The summed E-state index contributed by atoms with van der Waals surface area (Å²) in [6, 6.07) is 16.5. The van der Waals surface area contributed by atoms with Gasteiger partial charge in [0.1, 0.15) is 0 Å². The van der Waals surface area contributed by atoms with E-state index in [0.717, 1.165) is 25.2 Å². The highest BCUT2D eigenvalue weighted by molar-refractivity contribution is 6.06. The predicted molar refractivity (Wildman–Crippen MR) is 104 cm³/mol. The fourth-order valence-electron chi connectivity index (χ4n) is 3.23. The molecule has 1 heterocycles. The third kappa shape index (κ3) is 4.63. The zero-order chi connectivity index (χ0) is 18.4. The lowest BCUT2D eigenvalue weighted by atomic mass is 10.0. The molecule has 2 N–H and O–H groups in total. The molecule has 1 atom stereocenters. The highest BCUT2D eigenvalue weighted by atomic mass is 16.2. The quantitative estimate of drug-likeness (QED) is 0.865. The van der Waals surface area contributed by atoms with E-state index >= 15 is 0 Å². The number of amides is 2. The van der Waals surface area contributed by atoms with E-state index in [2.05, 4.69) is 17.6 Å². The van der Waals surface area contributed by atoms with Crippen LogP contribution in [-0.2, 0) is 4.79 Å². The maximum Gasteiger partial charge on any atom is 0.255 e. The number of hydrogen-bond acceptors (Lipinski definition) is 3. The molecule has 0 aromatic heterocycles. The zero-order valence-electron chi connectivity index (χ0n) is 15.1. The van der Waals surface area contributed by atoms with Crippen LogP contribution in [0.2, 0.25) is 0 Å². The van der Waals surface area contributed by atoms with E-state index < -0.39 is 0 Å². The van der Waals surface area contributed by atoms with Crippen LogP contribution < -0.4 is 10.6 Å². The second-order valence-electron chi connectivity index (χ2n) is 6.81. The monoisotopic (exact) mass is 351 g/mol. The Balaban J connectivity index is 1.62. The van der Waals surface area contributed by atoms with E-state index in [0.29, 0.717) is 17.2 Å². The molecule has 0 radical (unpaired) electrons. The minimum Gasteiger partial charge on any atom is -0.374 e. The smallest absolute Gasteiger partial charge is 0.255 e. The first-order valence-electron chi connectivity index (χ1n) is 9.10. The summed E-state index contributed by atoms with van der Waals surface area (Å²) in [5.74, 6) is 0.488. The normalized spacial score (nSPS) is 16.8. The molecule has 1 saturated heterocycles. The molecule has 1 aliphatic heterocycles. The van der Waals surface area contributed by atoms with Gasteiger partial charge in [-0.25, -0.2) is 0 Å². The summed E-state index contributed by atoms with van der Waals surface area (Å²) >= 11 is 0. The second-order valence-corrected chi connectivity index (χ2v) is 6.81. The van der Waals surface area contributed by atoms with Crippen LogP contribution in [0.1, 0.15) is 30.1 Å². The molecule has 2 amide bonds. The van der Waals surface area contributed by atoms with E-state index in [4.69, 9.17) is 0 Å². The topological polar surface area (TPSA) is 61.4 Å². The van der Waals surface area contributed by atoms with E-state index in [9.17, 15) is 9.59 Å². The van der Waals surface area contributed by atoms with Gasteiger partial charge in [0, 0.05) is 18.7 Å². The van der Waals surface area contributed by atoms with Crippen LogP contribution in [0.4, 0.5) is 11.4 Å². The van der Waals surface area contributed by atoms with Crippen molar-refractivity contribution >= 4 is 23.2 Å². The number of likely N-dealkylation sites (tertiary alicyclic amines) is 1. The standard InChI is InChI=1S/C21H25N3O2/c1-16-8-7-13-24(15-16)20(25)14-22-18-11-5-6-12-19(18)23-21(26)17-9-3-2-4-10-17/h2-6,9-12,16,22H,7-8,13-15H2,1H3,(H,23,26). The summed E-state index contributed by atoms with van der Waals surface area (Å²) in [5.41, 5.74) is 2.01. The molecule has 5 heteroatoms. The van der Waals surface area contributed by atoms with Crippen LogP contribution >= 0.6 is 0 Å². The van der Waals surface area contributed by atoms with Gasteiger partial charge in [0.25, 0.3) is 5.91 Å². The number of hydrogen-bond donors (Lipinski definition) is 2. The SMILES string of the molecule is CC1CCCN(C(=O)CNc2ccccc2NC(=O)c2ccccc2)C1. The van der Waals surface area contributed by atoms with Crippen LogP contribution in [0, 0.1) is 5.92 Å². The van der Waals surface area contributed by atoms with Crippen molar-refractivity contribution in [3.63, 3.8) is 0 Å². The van der Waals surface area contributed by atoms with E-state index in [-0.39, 0.29) is 18.4 Å². The Labute approximate surface area is 154 Å². The van der Waals surface area contributed by atoms with Gasteiger partial charge in [-0.3, -0.25) is 9.59 Å². The Hall–Kier alpha value is -2.82. The number of nitrogens with zero attached hydrogens (tertiary/aromatic N) is 1. The number of nitrogens with one attached hydrogen (secondary N) is 2. The Morgan fingerprint density at radius 1 is 1.04 bits per heavy atom. The molecule has 5 nitrogen and oxygen atoms in total. The first kappa shape index (κ1) is 18.0. The Bertz CT molecular complexity index is 761. The summed E-state index contributed by atoms with van der Waals surface area (Å²) in [5, 5.41) is 6.09. The first-order chi connectivity index (χ1) is 12.6. The maximum absolute atomic E-state index is 12.4. The molecule has 0 bridgehead atoms. The number of piperidine rings is 1. The van der Waals surface area contributed by atoms with Gasteiger partial charge in [-0.05, 0) is 43.0 Å². The van der Waals surface area contributed by atoms with Gasteiger partial charge in [0.05, 0.1) is 17.9 Å². The number of carbonyl (C=O) groups excluding carboxylic acids is 2. The van der Waals surface area contributed by atoms with E-state index in [1.165, 1.54) is 6.42 Å². The van der Waals surface area contributed by atoms with Gasteiger partial charge in [0.15, 0.2) is 0 Å². The zero-order valence-corrected chi connectivity index (χ0v) is 15.1. The molecule has 2 aromatic rings. The molecule has 26 heavy (non-hydrogen) atoms. The van der Waals surface area contributed by atoms with Crippen molar-refractivity contribution in [1.82, 2.24) is 4.90 Å². The van der Waals surface area contributed by atoms with Crippen molar-refractivity contribution in [3.05, 3.63) is 60.2 Å². The number of rotatable bonds is 5. The lowest BCUT2D eigenvalue weighted by Gasteiger charge is -2.31. The average Bonchev–Trinajstić information content (AvgIpc) is 2.67. The van der Waals surface area contributed by atoms with Crippen LogP contribution in [0.25, 0.3) is 0 Å². The van der Waals surface area contributed by atoms with Crippen molar-refractivity contribution in [2.24, 2.45) is 5.92 Å². The maximum atomic E-state index is 12.4. The van der Waals surface area contributed by atoms with Crippen molar-refractivity contribution in [1.29, 1.82) is 0 Å². The summed E-state index contributed by atoms with van der Waals surface area (Å²) in [6.45, 7) is 4.07. The van der Waals surface area contributed by atoms with Crippen molar-refractivity contribution in [2.75, 3.05) is 30.3 Å². The number of para-hydroxylation sites is 2. The van der Waals surface area contributed by atoms with Crippen molar-refractivity contribution in [2.45, 2.75) is 19.8 Å². The Morgan fingerprint density at radius 2 is 1.73 bits per heavy atom. The number of carbonyl (C=O) groups is 2. The summed E-state index contributed by atoms with van der Waals surface area (Å²) in [7, 11) is 0. The van der Waals surface area contributed by atoms with E-state index in [1.807, 2.05) is 47.4 Å². The predicted octanol–water partition coefficient (Wildman–Crippen LogP) is 3.61. The lowest BCUT2D eigenvalue weighted by Crippen LogP contribution is -2.42. The van der Waals surface area contributed by atoms with Crippen molar-refractivity contribution in [3.8, 4) is 0 Å². The molecule has 1 fully saturated rings. The molecule has 0 spiro atoms. The number of anilines is 2. The Morgan fingerprint density at radius 3 is 2.46 bits per heavy atom. The average molecular weight is 351 g/mol. The third-order valence-corrected chi connectivity index (χ3v) is 4.65. The van der Waals surface area contributed by atoms with E-state index in [1.54, 1.807) is 12.1 Å². The molecule has 2 aromatic carbocycles. The molecule has 136 valence electrons. The van der Waals surface area contributed by atoms with Crippen molar-refractivity contribution < 1.29 is 9.59 Å². The Kier molecular flexibility index (Phi) is 5.89. The molecular formula is C21H25N3O2. The lowest BCUT2D eigenvalue weighted by molar-refractivity contribution is -0.130. The minimum atomic E-state index is -0.170. The fraction of sp³-hybridized carbons (Fsp3) is 0.333. The van der Waals surface area contributed by atoms with Crippen LogP contribution in [-0.4, -0.2) is 36.3 Å². The first-order valence-corrected chi connectivity index (χ1v) is 9.10. The van der Waals surface area contributed by atoms with Gasteiger partial charge >= 0.3 is 0 Å². The molecular weight excluding hydrogens is 326 g/mol. The molecule has 1 unspecified atom stereocenters. The fourth-order valence-corrected chi connectivity index (χ4v) is 3.23. The number of benzene rings is 2. The van der Waals surface area contributed by atoms with Gasteiger partial charge in [0.2, 0.25) is 5.91 Å². The molecule has 0 aliphatic carbocycles. The van der Waals surface area contributed by atoms with Gasteiger partial charge < -0.3 is 15.5 Å². The van der Waals surface area contributed by atoms with Crippen LogP contribution in [0.15, 0.2) is 54.6 Å².